The van der Waals surface area contributed by atoms with Crippen molar-refractivity contribution in [3.63, 3.8) is 0 Å². The van der Waals surface area contributed by atoms with E-state index in [4.69, 9.17) is 9.29 Å². The number of thiol groups is 1. The molecule has 0 unspecified atom stereocenters. The Balaban J connectivity index is 0. The molecule has 0 rings (SSSR count). The molecule has 17 heavy (non-hydrogen) atoms. The maximum Gasteiger partial charge on any atom is 0.397 e. The van der Waals surface area contributed by atoms with Crippen molar-refractivity contribution >= 4 is 29.0 Å². The number of hydrogen-bond donors (Lipinski definition) is 2. The average Bonchev–Trinajstić information content (AvgIpc) is 2.17. The number of carbonyl (C=O) groups is 1. The predicted octanol–water partition coefficient (Wildman–Crippen LogP) is 1.25. The predicted molar refractivity (Wildman–Crippen MR) is 67.4 cm³/mol. The lowest BCUT2D eigenvalue weighted by Crippen LogP contribution is -2.30. The summed E-state index contributed by atoms with van der Waals surface area (Å²) in [6.07, 6.45) is 0. The first-order valence-electron chi connectivity index (χ1n) is 4.48. The van der Waals surface area contributed by atoms with E-state index in [0.717, 1.165) is 7.11 Å². The van der Waals surface area contributed by atoms with Gasteiger partial charge < -0.3 is 4.74 Å². The van der Waals surface area contributed by atoms with Gasteiger partial charge in [0.25, 0.3) is 0 Å². The van der Waals surface area contributed by atoms with E-state index in [9.17, 15) is 13.2 Å². The molecule has 0 spiro atoms. The van der Waals surface area contributed by atoms with Gasteiger partial charge in [-0.2, -0.15) is 21.0 Å². The van der Waals surface area contributed by atoms with Crippen LogP contribution in [-0.2, 0) is 24.1 Å². The minimum atomic E-state index is -4.16. The van der Waals surface area contributed by atoms with E-state index in [1.54, 1.807) is 20.8 Å². The summed E-state index contributed by atoms with van der Waals surface area (Å²) in [6.45, 7) is 8.71. The van der Waals surface area contributed by atoms with Gasteiger partial charge in [0.1, 0.15) is 5.60 Å². The number of carbonyl (C=O) groups excluding carboxylic acids is 1. The molecule has 0 heterocycles. The second-order valence-corrected chi connectivity index (χ2v) is 5.19. The molecule has 0 aliphatic carbocycles. The number of rotatable bonds is 4. The molecular formula is C9H18O6S2. The molecule has 1 N–H and O–H groups in total. The zero-order chi connectivity index (χ0) is 14.3. The highest BCUT2D eigenvalue weighted by Crippen LogP contribution is 2.12. The summed E-state index contributed by atoms with van der Waals surface area (Å²) in [7, 11) is -3.29. The molecule has 0 atom stereocenters. The highest BCUT2D eigenvalue weighted by Gasteiger charge is 2.20. The van der Waals surface area contributed by atoms with Crippen molar-refractivity contribution in [1.29, 1.82) is 0 Å². The van der Waals surface area contributed by atoms with Crippen LogP contribution >= 0.6 is 12.6 Å². The average molecular weight is 286 g/mol. The minimum absolute atomic E-state index is 0.357. The molecule has 0 fully saturated rings. The van der Waals surface area contributed by atoms with Crippen LogP contribution in [0.1, 0.15) is 20.8 Å². The van der Waals surface area contributed by atoms with Crippen LogP contribution in [0, 0.1) is 0 Å². The van der Waals surface area contributed by atoms with Gasteiger partial charge in [-0.05, 0) is 20.8 Å². The van der Waals surface area contributed by atoms with E-state index in [-0.39, 0.29) is 5.97 Å². The van der Waals surface area contributed by atoms with E-state index in [1.807, 2.05) is 0 Å². The zero-order valence-electron chi connectivity index (χ0n) is 10.3. The molecule has 102 valence electrons. The second-order valence-electron chi connectivity index (χ2n) is 3.68. The van der Waals surface area contributed by atoms with Crippen LogP contribution in [0.4, 0.5) is 0 Å². The van der Waals surface area contributed by atoms with Gasteiger partial charge in [0.2, 0.25) is 0 Å². The van der Waals surface area contributed by atoms with Gasteiger partial charge in [-0.15, -0.1) is 0 Å². The Kier molecular flexibility index (Phi) is 8.51. The van der Waals surface area contributed by atoms with E-state index >= 15 is 0 Å². The largest absolute Gasteiger partial charge is 0.455 e. The topological polar surface area (TPSA) is 89.9 Å². The molecule has 0 saturated heterocycles. The summed E-state index contributed by atoms with van der Waals surface area (Å²) >= 11 is 4.04. The molecule has 0 bridgehead atoms. The fourth-order valence-electron chi connectivity index (χ4n) is 0.370. The Labute approximate surface area is 107 Å². The van der Waals surface area contributed by atoms with Crippen LogP contribution in [0.5, 0.6) is 0 Å². The summed E-state index contributed by atoms with van der Waals surface area (Å²) in [6, 6.07) is 0. The lowest BCUT2D eigenvalue weighted by molar-refractivity contribution is -0.149. The quantitative estimate of drug-likeness (QED) is 0.350. The fraction of sp³-hybridized carbons (Fsp3) is 0.667. The van der Waals surface area contributed by atoms with Crippen LogP contribution in [0.15, 0.2) is 12.2 Å². The van der Waals surface area contributed by atoms with Crippen LogP contribution < -0.4 is 0 Å². The molecular weight excluding hydrogens is 268 g/mol. The van der Waals surface area contributed by atoms with Crippen molar-refractivity contribution in [1.82, 2.24) is 0 Å². The van der Waals surface area contributed by atoms with Crippen LogP contribution in [0.25, 0.3) is 0 Å². The van der Waals surface area contributed by atoms with Crippen molar-refractivity contribution in [2.24, 2.45) is 0 Å². The maximum atomic E-state index is 11.0. The van der Waals surface area contributed by atoms with E-state index < -0.39 is 16.0 Å². The summed E-state index contributed by atoms with van der Waals surface area (Å²) < 4.78 is 34.7. The molecule has 0 aromatic rings. The monoisotopic (exact) mass is 286 g/mol. The van der Waals surface area contributed by atoms with E-state index in [0.29, 0.717) is 11.3 Å². The molecule has 0 aromatic carbocycles. The van der Waals surface area contributed by atoms with E-state index in [1.165, 1.54) is 0 Å². The minimum Gasteiger partial charge on any atom is -0.455 e. The highest BCUT2D eigenvalue weighted by atomic mass is 32.3. The van der Waals surface area contributed by atoms with Gasteiger partial charge in [0.05, 0.1) is 7.11 Å². The number of hydrogen-bond acceptors (Lipinski definition) is 6. The molecule has 0 aliphatic heterocycles. The zero-order valence-corrected chi connectivity index (χ0v) is 12.0. The molecule has 0 aliphatic rings. The van der Waals surface area contributed by atoms with Crippen molar-refractivity contribution in [3.05, 3.63) is 12.2 Å². The third kappa shape index (κ3) is 13.4. The summed E-state index contributed by atoms with van der Waals surface area (Å²) in [5, 5.41) is 0. The summed E-state index contributed by atoms with van der Waals surface area (Å²) in [4.78, 5) is 11.0. The first kappa shape index (κ1) is 18.8. The standard InChI is InChI=1S/C8H14O2S.CH4O4S/c1-6(2)7(9)10-8(3,4)5-11;1-5-6(2,3)4/h11H,1,5H2,2-4H3;1H3,(H,2,3,4). The Morgan fingerprint density at radius 1 is 1.47 bits per heavy atom. The molecule has 0 aromatic heterocycles. The lowest BCUT2D eigenvalue weighted by Gasteiger charge is -2.22. The van der Waals surface area contributed by atoms with Crippen molar-refractivity contribution in [2.45, 2.75) is 26.4 Å². The van der Waals surface area contributed by atoms with Gasteiger partial charge >= 0.3 is 16.4 Å². The van der Waals surface area contributed by atoms with Crippen LogP contribution in [0.2, 0.25) is 0 Å². The molecule has 8 heteroatoms. The SMILES string of the molecule is C=C(C)C(=O)OC(C)(C)CS.COS(=O)(=O)O. The van der Waals surface area contributed by atoms with Crippen LogP contribution in [-0.4, -0.2) is 37.4 Å². The van der Waals surface area contributed by atoms with Gasteiger partial charge in [-0.1, -0.05) is 6.58 Å². The maximum absolute atomic E-state index is 11.0. The Morgan fingerprint density at radius 2 is 1.82 bits per heavy atom. The molecule has 6 nitrogen and oxygen atoms in total. The van der Waals surface area contributed by atoms with Crippen molar-refractivity contribution in [2.75, 3.05) is 12.9 Å². The van der Waals surface area contributed by atoms with E-state index in [2.05, 4.69) is 23.4 Å². The Morgan fingerprint density at radius 3 is 2.00 bits per heavy atom. The Bertz CT molecular complexity index is 358. The Hall–Kier alpha value is -0.570. The van der Waals surface area contributed by atoms with Gasteiger partial charge in [-0.3, -0.25) is 8.74 Å². The number of ether oxygens (including phenoxy) is 1. The third-order valence-corrected chi connectivity index (χ3v) is 2.49. The first-order chi connectivity index (χ1) is 7.45. The van der Waals surface area contributed by atoms with Gasteiger partial charge in [-0.25, -0.2) is 4.79 Å². The normalized spacial score (nSPS) is 11.2. The lowest BCUT2D eigenvalue weighted by atomic mass is 10.2. The van der Waals surface area contributed by atoms with Crippen LogP contribution in [0.3, 0.4) is 0 Å². The fourth-order valence-corrected chi connectivity index (χ4v) is 0.435. The van der Waals surface area contributed by atoms with Gasteiger partial charge in [0, 0.05) is 11.3 Å². The van der Waals surface area contributed by atoms with Crippen molar-refractivity contribution < 1.29 is 26.7 Å². The summed E-state index contributed by atoms with van der Waals surface area (Å²) in [5.41, 5.74) is -0.0843. The van der Waals surface area contributed by atoms with Crippen molar-refractivity contribution in [3.8, 4) is 0 Å². The second kappa shape index (κ2) is 7.70. The first-order valence-corrected chi connectivity index (χ1v) is 6.47. The highest BCUT2D eigenvalue weighted by molar-refractivity contribution is 7.80. The number of esters is 1. The molecule has 0 radical (unpaired) electrons. The van der Waals surface area contributed by atoms with Gasteiger partial charge in [0.15, 0.2) is 0 Å². The molecule has 0 amide bonds. The third-order valence-electron chi connectivity index (χ3n) is 1.31. The molecule has 0 saturated carbocycles. The smallest absolute Gasteiger partial charge is 0.397 e. The summed E-state index contributed by atoms with van der Waals surface area (Å²) in [5.74, 6) is 0.149.